The van der Waals surface area contributed by atoms with Crippen molar-refractivity contribution in [2.75, 3.05) is 6.54 Å². The third-order valence-corrected chi connectivity index (χ3v) is 4.96. The maximum atomic E-state index is 14.0. The maximum Gasteiger partial charge on any atom is 0.292 e. The van der Waals surface area contributed by atoms with Gasteiger partial charge in [-0.1, -0.05) is 6.07 Å². The lowest BCUT2D eigenvalue weighted by Crippen LogP contribution is -2.41. The molecule has 164 valence electrons. The van der Waals surface area contributed by atoms with Crippen molar-refractivity contribution < 1.29 is 13.6 Å². The van der Waals surface area contributed by atoms with Crippen LogP contribution in [0.4, 0.5) is 8.78 Å². The van der Waals surface area contributed by atoms with Gasteiger partial charge in [0.2, 0.25) is 0 Å². The van der Waals surface area contributed by atoms with E-state index in [0.29, 0.717) is 17.5 Å². The fourth-order valence-electron chi connectivity index (χ4n) is 3.15. The number of benzene rings is 1. The second-order valence-corrected chi connectivity index (χ2v) is 7.40. The number of hydrogen-bond donors (Lipinski definition) is 1. The monoisotopic (exact) mass is 439 g/mol. The van der Waals surface area contributed by atoms with Gasteiger partial charge in [0, 0.05) is 25.4 Å². The van der Waals surface area contributed by atoms with Crippen molar-refractivity contribution in [2.45, 2.75) is 19.3 Å². The molecule has 3 heterocycles. The number of halogens is 2. The molecule has 1 N–H and O–H groups in total. The Morgan fingerprint density at radius 3 is 2.66 bits per heavy atom. The number of carbonyl (C=O) groups is 1. The summed E-state index contributed by atoms with van der Waals surface area (Å²) in [6.45, 7) is 3.87. The second kappa shape index (κ2) is 8.21. The van der Waals surface area contributed by atoms with E-state index in [4.69, 9.17) is 0 Å². The Hall–Kier alpha value is -4.09. The van der Waals surface area contributed by atoms with Gasteiger partial charge in [-0.2, -0.15) is 15.0 Å². The summed E-state index contributed by atoms with van der Waals surface area (Å²) < 4.78 is 27.1. The molecular weight excluding hydrogens is 420 g/mol. The summed E-state index contributed by atoms with van der Waals surface area (Å²) in [5.41, 5.74) is 1.20. The fraction of sp³-hybridized carbons (Fsp3) is 0.250. The number of tetrazole rings is 1. The smallest absolute Gasteiger partial charge is 0.292 e. The van der Waals surface area contributed by atoms with Crippen molar-refractivity contribution in [3.63, 3.8) is 0 Å². The lowest BCUT2D eigenvalue weighted by Gasteiger charge is -2.27. The molecule has 0 fully saturated rings. The maximum absolute atomic E-state index is 14.0. The Labute approximate surface area is 181 Å². The highest BCUT2D eigenvalue weighted by atomic mass is 19.1. The van der Waals surface area contributed by atoms with E-state index in [1.54, 1.807) is 13.2 Å². The summed E-state index contributed by atoms with van der Waals surface area (Å²) in [6, 6.07) is 8.50. The van der Waals surface area contributed by atoms with E-state index in [9.17, 15) is 13.6 Å². The summed E-state index contributed by atoms with van der Waals surface area (Å²) in [4.78, 5) is 19.6. The summed E-state index contributed by atoms with van der Waals surface area (Å²) in [5, 5.41) is 22.6. The third kappa shape index (κ3) is 4.06. The lowest BCUT2D eigenvalue weighted by atomic mass is 9.83. The zero-order chi connectivity index (χ0) is 22.9. The van der Waals surface area contributed by atoms with Gasteiger partial charge in [0.15, 0.2) is 5.82 Å². The van der Waals surface area contributed by atoms with Gasteiger partial charge < -0.3 is 5.32 Å². The predicted molar refractivity (Wildman–Crippen MR) is 108 cm³/mol. The van der Waals surface area contributed by atoms with Gasteiger partial charge in [0.1, 0.15) is 11.5 Å². The standard InChI is InChI=1S/C20H19F2N9O/c1-12-5-4-6-16(25-12)20(2,17-10-24-30(3)27-17)11-23-19(32)18-26-29-31(28-18)15-8-7-13(21)9-14(15)22/h4-10H,11H2,1-3H3,(H,23,32). The van der Waals surface area contributed by atoms with Crippen LogP contribution in [0.15, 0.2) is 42.6 Å². The number of amides is 1. The molecule has 0 aliphatic rings. The van der Waals surface area contributed by atoms with Crippen LogP contribution in [0.25, 0.3) is 5.69 Å². The molecule has 0 spiro atoms. The molecule has 1 atom stereocenters. The summed E-state index contributed by atoms with van der Waals surface area (Å²) in [6.07, 6.45) is 1.61. The van der Waals surface area contributed by atoms with E-state index in [1.165, 1.54) is 4.80 Å². The Balaban J connectivity index is 1.58. The van der Waals surface area contributed by atoms with Crippen LogP contribution in [0.3, 0.4) is 0 Å². The molecule has 10 nitrogen and oxygen atoms in total. The van der Waals surface area contributed by atoms with E-state index >= 15 is 0 Å². The van der Waals surface area contributed by atoms with Crippen LogP contribution in [0.2, 0.25) is 0 Å². The van der Waals surface area contributed by atoms with Crippen LogP contribution in [0, 0.1) is 18.6 Å². The van der Waals surface area contributed by atoms with E-state index in [-0.39, 0.29) is 18.1 Å². The number of pyridine rings is 1. The van der Waals surface area contributed by atoms with Gasteiger partial charge in [-0.05, 0) is 43.3 Å². The summed E-state index contributed by atoms with van der Waals surface area (Å²) >= 11 is 0. The van der Waals surface area contributed by atoms with Crippen molar-refractivity contribution in [3.8, 4) is 5.69 Å². The minimum atomic E-state index is -0.880. The molecule has 12 heteroatoms. The van der Waals surface area contributed by atoms with Crippen molar-refractivity contribution in [2.24, 2.45) is 7.05 Å². The Bertz CT molecular complexity index is 1290. The number of nitrogens with zero attached hydrogens (tertiary/aromatic N) is 8. The van der Waals surface area contributed by atoms with Gasteiger partial charge in [-0.3, -0.25) is 9.78 Å². The van der Waals surface area contributed by atoms with E-state index < -0.39 is 23.0 Å². The number of nitrogens with one attached hydrogen (secondary N) is 1. The normalized spacial score (nSPS) is 13.0. The van der Waals surface area contributed by atoms with Crippen molar-refractivity contribution in [3.05, 3.63) is 77.1 Å². The zero-order valence-corrected chi connectivity index (χ0v) is 17.5. The SMILES string of the molecule is Cc1cccc(C(C)(CNC(=O)c2nnn(-c3ccc(F)cc3F)n2)c2cnn(C)n2)n1. The highest BCUT2D eigenvalue weighted by Gasteiger charge is 2.34. The van der Waals surface area contributed by atoms with Crippen LogP contribution in [0.1, 0.15) is 34.6 Å². The molecule has 0 saturated heterocycles. The molecule has 0 aliphatic heterocycles. The van der Waals surface area contributed by atoms with Gasteiger partial charge in [0.05, 0.1) is 23.0 Å². The van der Waals surface area contributed by atoms with E-state index in [1.807, 2.05) is 32.0 Å². The fourth-order valence-corrected chi connectivity index (χ4v) is 3.15. The third-order valence-electron chi connectivity index (χ3n) is 4.96. The molecule has 1 unspecified atom stereocenters. The molecule has 0 bridgehead atoms. The summed E-state index contributed by atoms with van der Waals surface area (Å²) in [5.74, 6) is -2.51. The zero-order valence-electron chi connectivity index (χ0n) is 17.5. The average molecular weight is 439 g/mol. The van der Waals surface area contributed by atoms with Gasteiger partial charge in [-0.25, -0.2) is 8.78 Å². The molecule has 4 aromatic rings. The molecular formula is C20H19F2N9O. The number of aromatic nitrogens is 8. The second-order valence-electron chi connectivity index (χ2n) is 7.40. The van der Waals surface area contributed by atoms with Crippen LogP contribution in [-0.4, -0.2) is 52.6 Å². The van der Waals surface area contributed by atoms with E-state index in [0.717, 1.165) is 22.6 Å². The Kier molecular flexibility index (Phi) is 5.43. The van der Waals surface area contributed by atoms with Crippen molar-refractivity contribution >= 4 is 5.91 Å². The molecule has 1 aromatic carbocycles. The first-order chi connectivity index (χ1) is 15.3. The number of aryl methyl sites for hydroxylation is 2. The molecule has 4 rings (SSSR count). The molecule has 0 aliphatic carbocycles. The van der Waals surface area contributed by atoms with Crippen LogP contribution in [0.5, 0.6) is 0 Å². The van der Waals surface area contributed by atoms with Crippen molar-refractivity contribution in [1.82, 2.24) is 45.5 Å². The van der Waals surface area contributed by atoms with E-state index in [2.05, 4.69) is 35.9 Å². The molecule has 3 aromatic heterocycles. The first-order valence-corrected chi connectivity index (χ1v) is 9.61. The first kappa shape index (κ1) is 21.2. The molecule has 0 radical (unpaired) electrons. The van der Waals surface area contributed by atoms with Crippen LogP contribution < -0.4 is 5.32 Å². The average Bonchev–Trinajstić information content (AvgIpc) is 3.41. The number of hydrogen-bond acceptors (Lipinski definition) is 7. The topological polar surface area (TPSA) is 116 Å². The highest BCUT2D eigenvalue weighted by molar-refractivity contribution is 5.90. The highest BCUT2D eigenvalue weighted by Crippen LogP contribution is 2.28. The first-order valence-electron chi connectivity index (χ1n) is 9.61. The lowest BCUT2D eigenvalue weighted by molar-refractivity contribution is 0.0936. The van der Waals surface area contributed by atoms with Gasteiger partial charge in [-0.15, -0.1) is 15.0 Å². The predicted octanol–water partition coefficient (Wildman–Crippen LogP) is 1.51. The molecule has 32 heavy (non-hydrogen) atoms. The quantitative estimate of drug-likeness (QED) is 0.484. The van der Waals surface area contributed by atoms with Crippen molar-refractivity contribution in [1.29, 1.82) is 0 Å². The largest absolute Gasteiger partial charge is 0.348 e. The summed E-state index contributed by atoms with van der Waals surface area (Å²) in [7, 11) is 1.70. The molecule has 0 saturated carbocycles. The number of rotatable bonds is 6. The minimum absolute atomic E-state index is 0.112. The van der Waals surface area contributed by atoms with Crippen LogP contribution in [-0.2, 0) is 12.5 Å². The molecule has 1 amide bonds. The van der Waals surface area contributed by atoms with Gasteiger partial charge in [0.25, 0.3) is 11.7 Å². The Morgan fingerprint density at radius 1 is 1.16 bits per heavy atom. The van der Waals surface area contributed by atoms with Crippen LogP contribution >= 0.6 is 0 Å². The Morgan fingerprint density at radius 2 is 1.97 bits per heavy atom. The minimum Gasteiger partial charge on any atom is -0.348 e. The van der Waals surface area contributed by atoms with Gasteiger partial charge >= 0.3 is 0 Å². The number of carbonyl (C=O) groups excluding carboxylic acids is 1.